The molecule has 2 rings (SSSR count). The fourth-order valence-corrected chi connectivity index (χ4v) is 2.17. The fourth-order valence-electron chi connectivity index (χ4n) is 2.17. The van der Waals surface area contributed by atoms with Gasteiger partial charge in [0.15, 0.2) is 0 Å². The van der Waals surface area contributed by atoms with Crippen LogP contribution in [0.2, 0.25) is 0 Å². The van der Waals surface area contributed by atoms with Crippen LogP contribution in [-0.4, -0.2) is 20.3 Å². The van der Waals surface area contributed by atoms with Gasteiger partial charge in [-0.2, -0.15) is 0 Å². The predicted molar refractivity (Wildman–Crippen MR) is 82.7 cm³/mol. The van der Waals surface area contributed by atoms with Crippen molar-refractivity contribution in [1.29, 1.82) is 0 Å². The number of nitrogens with one attached hydrogen (secondary N) is 1. The first kappa shape index (κ1) is 15.2. The van der Waals surface area contributed by atoms with Crippen LogP contribution in [0, 0.1) is 5.82 Å². The molecule has 1 atom stereocenters. The third-order valence-corrected chi connectivity index (χ3v) is 3.28. The number of hydrogen-bond acceptors (Lipinski definition) is 3. The largest absolute Gasteiger partial charge is 0.497 e. The second kappa shape index (κ2) is 6.97. The van der Waals surface area contributed by atoms with Gasteiger partial charge in [-0.25, -0.2) is 4.39 Å². The molecule has 0 saturated heterocycles. The van der Waals surface area contributed by atoms with E-state index in [-0.39, 0.29) is 11.9 Å². The molecule has 2 aromatic rings. The van der Waals surface area contributed by atoms with Gasteiger partial charge in [-0.15, -0.1) is 0 Å². The van der Waals surface area contributed by atoms with Crippen LogP contribution < -0.4 is 14.8 Å². The van der Waals surface area contributed by atoms with E-state index in [1.165, 1.54) is 11.6 Å². The quantitative estimate of drug-likeness (QED) is 0.875. The molecule has 0 aliphatic heterocycles. The molecule has 0 radical (unpaired) electrons. The molecule has 4 heteroatoms. The van der Waals surface area contributed by atoms with E-state index in [2.05, 4.69) is 5.32 Å². The average molecular weight is 289 g/mol. The van der Waals surface area contributed by atoms with Crippen molar-refractivity contribution < 1.29 is 13.9 Å². The summed E-state index contributed by atoms with van der Waals surface area (Å²) in [4.78, 5) is 0. The lowest BCUT2D eigenvalue weighted by molar-refractivity contribution is 0.414. The van der Waals surface area contributed by atoms with Crippen molar-refractivity contribution in [2.24, 2.45) is 0 Å². The molecule has 1 unspecified atom stereocenters. The number of hydrogen-bond donors (Lipinski definition) is 1. The van der Waals surface area contributed by atoms with Crippen LogP contribution >= 0.6 is 0 Å². The Morgan fingerprint density at radius 1 is 1.00 bits per heavy atom. The smallest absolute Gasteiger partial charge is 0.146 e. The lowest BCUT2D eigenvalue weighted by atomic mass is 10.1. The molecule has 0 fully saturated rings. The first-order valence-corrected chi connectivity index (χ1v) is 6.85. The molecule has 0 saturated carbocycles. The first-order chi connectivity index (χ1) is 10.1. The Hall–Kier alpha value is -2.23. The van der Waals surface area contributed by atoms with Gasteiger partial charge in [-0.1, -0.05) is 12.1 Å². The van der Waals surface area contributed by atoms with Crippen molar-refractivity contribution in [2.45, 2.75) is 19.4 Å². The van der Waals surface area contributed by atoms with E-state index in [1.54, 1.807) is 26.4 Å². The molecule has 0 heterocycles. The number of benzene rings is 2. The minimum absolute atomic E-state index is 0.0972. The third kappa shape index (κ3) is 4.12. The van der Waals surface area contributed by atoms with Gasteiger partial charge in [-0.05, 0) is 43.2 Å². The van der Waals surface area contributed by atoms with Gasteiger partial charge in [-0.3, -0.25) is 0 Å². The minimum Gasteiger partial charge on any atom is -0.497 e. The molecule has 0 bridgehead atoms. The highest BCUT2D eigenvalue weighted by Crippen LogP contribution is 2.22. The van der Waals surface area contributed by atoms with Crippen molar-refractivity contribution in [2.75, 3.05) is 19.5 Å². The van der Waals surface area contributed by atoms with Gasteiger partial charge in [0.2, 0.25) is 0 Å². The van der Waals surface area contributed by atoms with Crippen LogP contribution in [0.4, 0.5) is 10.1 Å². The summed E-state index contributed by atoms with van der Waals surface area (Å²) in [5, 5.41) is 3.18. The molecule has 2 aromatic carbocycles. The van der Waals surface area contributed by atoms with E-state index in [0.29, 0.717) is 11.4 Å². The van der Waals surface area contributed by atoms with Gasteiger partial charge in [0.25, 0.3) is 0 Å². The number of ether oxygens (including phenoxy) is 2. The van der Waals surface area contributed by atoms with Crippen molar-refractivity contribution in [1.82, 2.24) is 0 Å². The van der Waals surface area contributed by atoms with Gasteiger partial charge in [0.05, 0.1) is 19.9 Å². The average Bonchev–Trinajstić information content (AvgIpc) is 2.50. The Morgan fingerprint density at radius 2 is 1.62 bits per heavy atom. The van der Waals surface area contributed by atoms with E-state index in [4.69, 9.17) is 9.47 Å². The van der Waals surface area contributed by atoms with Crippen molar-refractivity contribution >= 4 is 5.69 Å². The molecule has 0 aromatic heterocycles. The van der Waals surface area contributed by atoms with Gasteiger partial charge < -0.3 is 14.8 Å². The summed E-state index contributed by atoms with van der Waals surface area (Å²) in [7, 11) is 3.21. The first-order valence-electron chi connectivity index (χ1n) is 6.85. The van der Waals surface area contributed by atoms with Crippen molar-refractivity contribution in [3.05, 3.63) is 53.8 Å². The monoisotopic (exact) mass is 289 g/mol. The number of rotatable bonds is 6. The number of methoxy groups -OCH3 is 2. The van der Waals surface area contributed by atoms with E-state index in [0.717, 1.165) is 12.2 Å². The van der Waals surface area contributed by atoms with Crippen molar-refractivity contribution in [3.63, 3.8) is 0 Å². The maximum atomic E-state index is 13.8. The highest BCUT2D eigenvalue weighted by atomic mass is 19.1. The second-order valence-electron chi connectivity index (χ2n) is 4.94. The summed E-state index contributed by atoms with van der Waals surface area (Å²) < 4.78 is 24.0. The lowest BCUT2D eigenvalue weighted by Gasteiger charge is -2.16. The Kier molecular flexibility index (Phi) is 5.04. The highest BCUT2D eigenvalue weighted by molar-refractivity contribution is 5.50. The third-order valence-electron chi connectivity index (χ3n) is 3.28. The van der Waals surface area contributed by atoms with Crippen LogP contribution in [0.5, 0.6) is 11.5 Å². The summed E-state index contributed by atoms with van der Waals surface area (Å²) in [5.74, 6) is 1.19. The zero-order chi connectivity index (χ0) is 15.2. The van der Waals surface area contributed by atoms with Gasteiger partial charge in [0.1, 0.15) is 17.3 Å². The lowest BCUT2D eigenvalue weighted by Crippen LogP contribution is -2.18. The van der Waals surface area contributed by atoms with E-state index < -0.39 is 0 Å². The van der Waals surface area contributed by atoms with Gasteiger partial charge >= 0.3 is 0 Å². The molecule has 0 aliphatic carbocycles. The van der Waals surface area contributed by atoms with Gasteiger partial charge in [0, 0.05) is 12.1 Å². The molecule has 1 N–H and O–H groups in total. The Bertz CT molecular complexity index is 584. The molecule has 0 aliphatic rings. The molecule has 3 nitrogen and oxygen atoms in total. The number of halogens is 1. The molecular formula is C17H20FNO2. The maximum Gasteiger partial charge on any atom is 0.146 e. The molecule has 0 amide bonds. The van der Waals surface area contributed by atoms with Crippen LogP contribution in [0.15, 0.2) is 42.5 Å². The zero-order valence-corrected chi connectivity index (χ0v) is 12.5. The van der Waals surface area contributed by atoms with E-state index >= 15 is 0 Å². The Labute approximate surface area is 124 Å². The summed E-state index contributed by atoms with van der Waals surface area (Å²) in [6.45, 7) is 2.02. The maximum absolute atomic E-state index is 13.8. The molecule has 112 valence electrons. The normalized spacial score (nSPS) is 11.8. The summed E-state index contributed by atoms with van der Waals surface area (Å²) in [5.41, 5.74) is 1.62. The topological polar surface area (TPSA) is 30.5 Å². The predicted octanol–water partition coefficient (Wildman–Crippen LogP) is 3.89. The van der Waals surface area contributed by atoms with Crippen LogP contribution in [0.25, 0.3) is 0 Å². The van der Waals surface area contributed by atoms with Crippen LogP contribution in [0.1, 0.15) is 12.5 Å². The van der Waals surface area contributed by atoms with Crippen LogP contribution in [-0.2, 0) is 6.42 Å². The molecule has 0 spiro atoms. The summed E-state index contributed by atoms with van der Waals surface area (Å²) in [6.07, 6.45) is 0.792. The van der Waals surface area contributed by atoms with Crippen LogP contribution in [0.3, 0.4) is 0 Å². The highest BCUT2D eigenvalue weighted by Gasteiger charge is 2.09. The van der Waals surface area contributed by atoms with E-state index in [1.807, 2.05) is 31.2 Å². The summed E-state index contributed by atoms with van der Waals surface area (Å²) in [6, 6.07) is 12.6. The number of anilines is 1. The molecular weight excluding hydrogens is 269 g/mol. The Morgan fingerprint density at radius 3 is 2.24 bits per heavy atom. The zero-order valence-electron chi connectivity index (χ0n) is 12.5. The molecule has 21 heavy (non-hydrogen) atoms. The SMILES string of the molecule is COc1ccc(CC(C)Nc2cc(OC)ccc2F)cc1. The standard InChI is InChI=1S/C17H20FNO2/c1-12(10-13-4-6-14(20-2)7-5-13)19-17-11-15(21-3)8-9-16(17)18/h4-9,11-12,19H,10H2,1-3H3. The second-order valence-corrected chi connectivity index (χ2v) is 4.94. The Balaban J connectivity index is 2.02. The summed E-state index contributed by atoms with van der Waals surface area (Å²) >= 11 is 0. The van der Waals surface area contributed by atoms with E-state index in [9.17, 15) is 4.39 Å². The van der Waals surface area contributed by atoms with Crippen molar-refractivity contribution in [3.8, 4) is 11.5 Å². The fraction of sp³-hybridized carbons (Fsp3) is 0.294. The minimum atomic E-state index is -0.280.